The number of sulfonamides is 1. The molecule has 0 bridgehead atoms. The lowest BCUT2D eigenvalue weighted by molar-refractivity contribution is -0.115. The maximum Gasteiger partial charge on any atom is 0.269 e. The van der Waals surface area contributed by atoms with E-state index in [9.17, 15) is 13.2 Å². The van der Waals surface area contributed by atoms with E-state index < -0.39 is 10.0 Å². The molecule has 0 aliphatic rings. The number of carbonyl (C=O) groups is 1. The summed E-state index contributed by atoms with van der Waals surface area (Å²) in [5.41, 5.74) is 1.01. The van der Waals surface area contributed by atoms with Crippen LogP contribution in [0.5, 0.6) is 0 Å². The summed E-state index contributed by atoms with van der Waals surface area (Å²) in [6.45, 7) is 1.95. The van der Waals surface area contributed by atoms with Crippen molar-refractivity contribution in [3.05, 3.63) is 34.9 Å². The Kier molecular flexibility index (Phi) is 7.63. The first-order chi connectivity index (χ1) is 11.9. The van der Waals surface area contributed by atoms with E-state index in [1.54, 1.807) is 18.7 Å². The number of carbonyl (C=O) groups excluding carboxylic acids is 1. The van der Waals surface area contributed by atoms with Crippen LogP contribution in [0.15, 0.2) is 28.6 Å². The number of hydrogen-bond acceptors (Lipinski definition) is 7. The molecule has 0 aliphatic heterocycles. The number of thioether (sulfide) groups is 1. The summed E-state index contributed by atoms with van der Waals surface area (Å²) in [6.07, 6.45) is 0.280. The molecule has 136 valence electrons. The molecule has 0 aliphatic carbocycles. The van der Waals surface area contributed by atoms with Crippen molar-refractivity contribution >= 4 is 55.8 Å². The van der Waals surface area contributed by atoms with Crippen LogP contribution in [-0.4, -0.2) is 36.8 Å². The summed E-state index contributed by atoms with van der Waals surface area (Å²) in [7, 11) is -3.73. The summed E-state index contributed by atoms with van der Waals surface area (Å²) >= 11 is 8.46. The second-order valence-corrected chi connectivity index (χ2v) is 9.25. The number of aromatic nitrogens is 2. The van der Waals surface area contributed by atoms with Gasteiger partial charge in [-0.3, -0.25) is 4.79 Å². The number of halogens is 1. The lowest BCUT2D eigenvalue weighted by atomic mass is 10.2. The Labute approximate surface area is 159 Å². The fourth-order valence-corrected chi connectivity index (χ4v) is 4.95. The monoisotopic (exact) mass is 420 g/mol. The molecule has 2 N–H and O–H groups in total. The Balaban J connectivity index is 1.79. The van der Waals surface area contributed by atoms with Crippen molar-refractivity contribution in [2.45, 2.75) is 23.4 Å². The van der Waals surface area contributed by atoms with Gasteiger partial charge >= 0.3 is 0 Å². The predicted molar refractivity (Wildman–Crippen MR) is 102 cm³/mol. The normalized spacial score (nSPS) is 11.4. The van der Waals surface area contributed by atoms with E-state index >= 15 is 0 Å². The zero-order valence-corrected chi connectivity index (χ0v) is 16.6. The number of hydrogen-bond donors (Lipinski definition) is 2. The van der Waals surface area contributed by atoms with Gasteiger partial charge in [0.2, 0.25) is 15.4 Å². The molecular weight excluding hydrogens is 404 g/mol. The summed E-state index contributed by atoms with van der Waals surface area (Å²) in [4.78, 5) is 11.3. The van der Waals surface area contributed by atoms with Crippen molar-refractivity contribution in [3.63, 3.8) is 0 Å². The standard InChI is InChI=1S/C14H17ClN4O3S3/c1-2-12(20)17-13-18-19-14(24-13)25(21,22)16-7-8-23-9-10-5-3-4-6-11(10)15/h3-6,16H,2,7-9H2,1H3,(H,17,18,20). The molecule has 1 aromatic heterocycles. The Bertz CT molecular complexity index is 826. The third-order valence-electron chi connectivity index (χ3n) is 2.96. The van der Waals surface area contributed by atoms with Crippen LogP contribution in [0, 0.1) is 0 Å². The van der Waals surface area contributed by atoms with Crippen molar-refractivity contribution in [2.75, 3.05) is 17.6 Å². The lowest BCUT2D eigenvalue weighted by Gasteiger charge is -2.05. The number of benzene rings is 1. The van der Waals surface area contributed by atoms with Gasteiger partial charge in [0.05, 0.1) is 0 Å². The quantitative estimate of drug-likeness (QED) is 0.477. The number of nitrogens with one attached hydrogen (secondary N) is 2. The van der Waals surface area contributed by atoms with E-state index in [0.29, 0.717) is 16.5 Å². The Hall–Kier alpha value is -1.20. The van der Waals surface area contributed by atoms with Crippen molar-refractivity contribution in [1.82, 2.24) is 14.9 Å². The molecule has 0 unspecified atom stereocenters. The molecule has 0 saturated carbocycles. The molecule has 2 rings (SSSR count). The lowest BCUT2D eigenvalue weighted by Crippen LogP contribution is -2.26. The van der Waals surface area contributed by atoms with Crippen LogP contribution >= 0.6 is 34.7 Å². The predicted octanol–water partition coefficient (Wildman–Crippen LogP) is 2.75. The van der Waals surface area contributed by atoms with Crippen molar-refractivity contribution in [3.8, 4) is 0 Å². The third-order valence-corrected chi connectivity index (χ3v) is 7.00. The fraction of sp³-hybridized carbons (Fsp3) is 0.357. The highest BCUT2D eigenvalue weighted by Crippen LogP contribution is 2.21. The molecule has 7 nitrogen and oxygen atoms in total. The first-order valence-electron chi connectivity index (χ1n) is 7.36. The van der Waals surface area contributed by atoms with Crippen LogP contribution in [0.3, 0.4) is 0 Å². The zero-order chi connectivity index (χ0) is 18.3. The van der Waals surface area contributed by atoms with Crippen LogP contribution in [0.2, 0.25) is 5.02 Å². The van der Waals surface area contributed by atoms with Crippen LogP contribution in [0.1, 0.15) is 18.9 Å². The van der Waals surface area contributed by atoms with E-state index in [1.807, 2.05) is 24.3 Å². The highest BCUT2D eigenvalue weighted by Gasteiger charge is 2.20. The van der Waals surface area contributed by atoms with Crippen LogP contribution in [0.4, 0.5) is 5.13 Å². The van der Waals surface area contributed by atoms with Crippen molar-refractivity contribution in [1.29, 1.82) is 0 Å². The van der Waals surface area contributed by atoms with E-state index in [2.05, 4.69) is 20.2 Å². The molecule has 0 atom stereocenters. The van der Waals surface area contributed by atoms with E-state index in [4.69, 9.17) is 11.6 Å². The molecular formula is C14H17ClN4O3S3. The summed E-state index contributed by atoms with van der Waals surface area (Å²) < 4.78 is 26.6. The van der Waals surface area contributed by atoms with E-state index in [0.717, 1.165) is 16.9 Å². The van der Waals surface area contributed by atoms with Gasteiger partial charge in [0, 0.05) is 29.5 Å². The third kappa shape index (κ3) is 6.23. The minimum Gasteiger partial charge on any atom is -0.301 e. The zero-order valence-electron chi connectivity index (χ0n) is 13.4. The average Bonchev–Trinajstić information content (AvgIpc) is 3.05. The number of nitrogens with zero attached hydrogens (tertiary/aromatic N) is 2. The van der Waals surface area contributed by atoms with Crippen molar-refractivity contribution < 1.29 is 13.2 Å². The number of amides is 1. The van der Waals surface area contributed by atoms with Gasteiger partial charge in [0.25, 0.3) is 10.0 Å². The number of anilines is 1. The molecule has 25 heavy (non-hydrogen) atoms. The molecule has 0 fully saturated rings. The van der Waals surface area contributed by atoms with Crippen LogP contribution < -0.4 is 10.0 Å². The van der Waals surface area contributed by atoms with Crippen LogP contribution in [-0.2, 0) is 20.6 Å². The molecule has 1 heterocycles. The highest BCUT2D eigenvalue weighted by molar-refractivity contribution is 7.98. The van der Waals surface area contributed by atoms with Crippen molar-refractivity contribution in [2.24, 2.45) is 0 Å². The highest BCUT2D eigenvalue weighted by atomic mass is 35.5. The summed E-state index contributed by atoms with van der Waals surface area (Å²) in [5.74, 6) is 1.04. The Morgan fingerprint density at radius 1 is 1.32 bits per heavy atom. The van der Waals surface area contributed by atoms with Gasteiger partial charge in [-0.05, 0) is 11.6 Å². The largest absolute Gasteiger partial charge is 0.301 e. The maximum absolute atomic E-state index is 12.1. The first-order valence-corrected chi connectivity index (χ1v) is 11.2. The number of rotatable bonds is 9. The topological polar surface area (TPSA) is 101 Å². The molecule has 0 saturated heterocycles. The minimum atomic E-state index is -3.73. The van der Waals surface area contributed by atoms with Gasteiger partial charge in [-0.1, -0.05) is 48.1 Å². The molecule has 0 spiro atoms. The van der Waals surface area contributed by atoms with Gasteiger partial charge in [0.1, 0.15) is 0 Å². The Morgan fingerprint density at radius 2 is 2.08 bits per heavy atom. The average molecular weight is 421 g/mol. The summed E-state index contributed by atoms with van der Waals surface area (Å²) in [5, 5.41) is 10.6. The smallest absolute Gasteiger partial charge is 0.269 e. The molecule has 2 aromatic rings. The van der Waals surface area contributed by atoms with Gasteiger partial charge < -0.3 is 5.32 Å². The second-order valence-electron chi connectivity index (χ2n) is 4.82. The molecule has 1 amide bonds. The molecule has 1 aromatic carbocycles. The first kappa shape index (κ1) is 20.1. The van der Waals surface area contributed by atoms with Gasteiger partial charge in [0.15, 0.2) is 0 Å². The molecule has 0 radical (unpaired) electrons. The van der Waals surface area contributed by atoms with E-state index in [-0.39, 0.29) is 28.3 Å². The minimum absolute atomic E-state index is 0.167. The van der Waals surface area contributed by atoms with Gasteiger partial charge in [-0.2, -0.15) is 11.8 Å². The SMILES string of the molecule is CCC(=O)Nc1nnc(S(=O)(=O)NCCSCc2ccccc2Cl)s1. The Morgan fingerprint density at radius 3 is 2.80 bits per heavy atom. The summed E-state index contributed by atoms with van der Waals surface area (Å²) in [6, 6.07) is 7.54. The molecule has 11 heteroatoms. The van der Waals surface area contributed by atoms with Gasteiger partial charge in [-0.25, -0.2) is 13.1 Å². The fourth-order valence-electron chi connectivity index (χ4n) is 1.68. The second kappa shape index (κ2) is 9.48. The van der Waals surface area contributed by atoms with E-state index in [1.165, 1.54) is 0 Å². The van der Waals surface area contributed by atoms with Gasteiger partial charge in [-0.15, -0.1) is 10.2 Å². The maximum atomic E-state index is 12.1. The van der Waals surface area contributed by atoms with Crippen LogP contribution in [0.25, 0.3) is 0 Å².